The number of carbonyl (C=O) groups is 1. The van der Waals surface area contributed by atoms with Crippen molar-refractivity contribution in [1.82, 2.24) is 0 Å². The van der Waals surface area contributed by atoms with Gasteiger partial charge in [-0.3, -0.25) is 0 Å². The summed E-state index contributed by atoms with van der Waals surface area (Å²) in [6.45, 7) is 2.15. The van der Waals surface area contributed by atoms with Gasteiger partial charge in [0.15, 0.2) is 0 Å². The molecule has 0 radical (unpaired) electrons. The number of ether oxygens (including phenoxy) is 1. The number of carboxylic acid groups (broad SMARTS) is 1. The molecule has 1 aromatic rings. The molecule has 1 N–H and O–H groups in total. The third-order valence-corrected chi connectivity index (χ3v) is 3.28. The van der Waals surface area contributed by atoms with Crippen LogP contribution < -0.4 is 4.74 Å². The van der Waals surface area contributed by atoms with Crippen molar-refractivity contribution >= 4 is 25.7 Å². The molecule has 0 heterocycles. The normalized spacial score (nSPS) is 11.2. The first kappa shape index (κ1) is 13.8. The maximum Gasteiger partial charge on any atom is 0.339 e. The van der Waals surface area contributed by atoms with E-state index in [9.17, 15) is 13.2 Å². The highest BCUT2D eigenvalue weighted by Crippen LogP contribution is 2.25. The van der Waals surface area contributed by atoms with Crippen LogP contribution >= 0.6 is 10.7 Å². The minimum absolute atomic E-state index is 0.000995. The summed E-state index contributed by atoms with van der Waals surface area (Å²) in [7, 11) is 1.27. The fourth-order valence-corrected chi connectivity index (χ4v) is 1.93. The molecule has 0 aliphatic carbocycles. The average molecular weight is 279 g/mol. The van der Waals surface area contributed by atoms with Crippen LogP contribution in [0.15, 0.2) is 23.1 Å². The molecule has 1 rings (SSSR count). The zero-order valence-electron chi connectivity index (χ0n) is 9.01. The largest absolute Gasteiger partial charge is 0.493 e. The second-order valence-electron chi connectivity index (χ2n) is 3.25. The first-order valence-electron chi connectivity index (χ1n) is 4.81. The fourth-order valence-electron chi connectivity index (χ4n) is 1.16. The summed E-state index contributed by atoms with van der Waals surface area (Å²) < 4.78 is 27.4. The van der Waals surface area contributed by atoms with E-state index < -0.39 is 15.0 Å². The SMILES string of the molecule is CCCOc1cc(S(=O)(=O)Cl)ccc1C(=O)O. The van der Waals surface area contributed by atoms with Gasteiger partial charge in [0.25, 0.3) is 9.05 Å². The molecule has 0 amide bonds. The Morgan fingerprint density at radius 3 is 2.59 bits per heavy atom. The van der Waals surface area contributed by atoms with E-state index in [0.717, 1.165) is 18.2 Å². The summed E-state index contributed by atoms with van der Waals surface area (Å²) in [5, 5.41) is 8.90. The zero-order valence-corrected chi connectivity index (χ0v) is 10.6. The smallest absolute Gasteiger partial charge is 0.339 e. The molecule has 0 bridgehead atoms. The Balaban J connectivity index is 3.24. The van der Waals surface area contributed by atoms with E-state index in [1.165, 1.54) is 0 Å². The number of halogens is 1. The van der Waals surface area contributed by atoms with Crippen LogP contribution in [-0.2, 0) is 9.05 Å². The van der Waals surface area contributed by atoms with Crippen molar-refractivity contribution in [3.8, 4) is 5.75 Å². The van der Waals surface area contributed by atoms with Crippen molar-refractivity contribution in [2.75, 3.05) is 6.61 Å². The quantitative estimate of drug-likeness (QED) is 0.834. The van der Waals surface area contributed by atoms with Crippen LogP contribution in [0.3, 0.4) is 0 Å². The van der Waals surface area contributed by atoms with Crippen molar-refractivity contribution in [2.45, 2.75) is 18.2 Å². The van der Waals surface area contributed by atoms with E-state index in [2.05, 4.69) is 0 Å². The van der Waals surface area contributed by atoms with Crippen LogP contribution in [0.4, 0.5) is 0 Å². The fraction of sp³-hybridized carbons (Fsp3) is 0.300. The Morgan fingerprint density at radius 2 is 2.12 bits per heavy atom. The highest BCUT2D eigenvalue weighted by molar-refractivity contribution is 8.13. The summed E-state index contributed by atoms with van der Waals surface area (Å²) in [4.78, 5) is 10.7. The van der Waals surface area contributed by atoms with Gasteiger partial charge in [-0.05, 0) is 18.6 Å². The lowest BCUT2D eigenvalue weighted by atomic mass is 10.2. The van der Waals surface area contributed by atoms with Crippen molar-refractivity contribution < 1.29 is 23.1 Å². The predicted molar refractivity (Wildman–Crippen MR) is 62.2 cm³/mol. The minimum Gasteiger partial charge on any atom is -0.493 e. The molecule has 0 atom stereocenters. The van der Waals surface area contributed by atoms with Crippen molar-refractivity contribution in [2.24, 2.45) is 0 Å². The van der Waals surface area contributed by atoms with Crippen LogP contribution in [0.25, 0.3) is 0 Å². The molecule has 1 aromatic carbocycles. The molecule has 5 nitrogen and oxygen atoms in total. The summed E-state index contributed by atoms with van der Waals surface area (Å²) in [5.74, 6) is -1.18. The van der Waals surface area contributed by atoms with Crippen molar-refractivity contribution in [1.29, 1.82) is 0 Å². The van der Waals surface area contributed by atoms with Crippen LogP contribution in [-0.4, -0.2) is 26.1 Å². The molecule has 7 heteroatoms. The highest BCUT2D eigenvalue weighted by Gasteiger charge is 2.17. The number of carboxylic acids is 1. The van der Waals surface area contributed by atoms with Gasteiger partial charge in [-0.25, -0.2) is 13.2 Å². The van der Waals surface area contributed by atoms with E-state index in [4.69, 9.17) is 20.5 Å². The van der Waals surface area contributed by atoms with E-state index in [0.29, 0.717) is 13.0 Å². The lowest BCUT2D eigenvalue weighted by Crippen LogP contribution is -2.05. The van der Waals surface area contributed by atoms with Crippen molar-refractivity contribution in [3.05, 3.63) is 23.8 Å². The summed E-state index contributed by atoms with van der Waals surface area (Å²) >= 11 is 0. The van der Waals surface area contributed by atoms with E-state index in [1.807, 2.05) is 6.92 Å². The Bertz CT molecular complexity index is 523. The van der Waals surface area contributed by atoms with Gasteiger partial charge in [0.05, 0.1) is 11.5 Å². The lowest BCUT2D eigenvalue weighted by Gasteiger charge is -2.09. The predicted octanol–water partition coefficient (Wildman–Crippen LogP) is 2.10. The first-order chi connectivity index (χ1) is 7.86. The van der Waals surface area contributed by atoms with Gasteiger partial charge in [0.2, 0.25) is 0 Å². The molecule has 0 aliphatic rings. The molecular weight excluding hydrogens is 268 g/mol. The molecule has 0 aromatic heterocycles. The first-order valence-corrected chi connectivity index (χ1v) is 7.12. The second-order valence-corrected chi connectivity index (χ2v) is 5.82. The maximum atomic E-state index is 11.1. The lowest BCUT2D eigenvalue weighted by molar-refractivity contribution is 0.0692. The summed E-state index contributed by atoms with van der Waals surface area (Å²) in [6.07, 6.45) is 0.677. The molecule has 0 aliphatic heterocycles. The van der Waals surface area contributed by atoms with Crippen LogP contribution in [0.2, 0.25) is 0 Å². The maximum absolute atomic E-state index is 11.1. The molecule has 94 valence electrons. The molecule has 0 saturated carbocycles. The molecule has 0 spiro atoms. The molecule has 0 unspecified atom stereocenters. The van der Waals surface area contributed by atoms with Crippen LogP contribution in [0.5, 0.6) is 5.75 Å². The number of benzene rings is 1. The topological polar surface area (TPSA) is 80.7 Å². The Kier molecular flexibility index (Phi) is 4.36. The van der Waals surface area contributed by atoms with Crippen LogP contribution in [0.1, 0.15) is 23.7 Å². The number of rotatable bonds is 5. The second kappa shape index (κ2) is 5.37. The zero-order chi connectivity index (χ0) is 13.1. The Hall–Kier alpha value is -1.27. The van der Waals surface area contributed by atoms with Gasteiger partial charge in [-0.1, -0.05) is 6.92 Å². The molecule has 0 fully saturated rings. The number of hydrogen-bond donors (Lipinski definition) is 1. The Labute approximate surface area is 103 Å². The van der Waals surface area contributed by atoms with E-state index in [1.54, 1.807) is 0 Å². The Morgan fingerprint density at radius 1 is 1.47 bits per heavy atom. The third-order valence-electron chi connectivity index (χ3n) is 1.93. The summed E-state index contributed by atoms with van der Waals surface area (Å²) in [5.41, 5.74) is -0.0949. The number of hydrogen-bond acceptors (Lipinski definition) is 4. The van der Waals surface area contributed by atoms with Crippen LogP contribution in [0, 0.1) is 0 Å². The van der Waals surface area contributed by atoms with E-state index in [-0.39, 0.29) is 16.2 Å². The molecule has 0 saturated heterocycles. The standard InChI is InChI=1S/C10H11ClO5S/c1-2-5-16-9-6-7(17(11,14)15)3-4-8(9)10(12)13/h3-4,6H,2,5H2,1H3,(H,12,13). The number of aromatic carboxylic acids is 1. The van der Waals surface area contributed by atoms with Gasteiger partial charge >= 0.3 is 5.97 Å². The third kappa shape index (κ3) is 3.61. The van der Waals surface area contributed by atoms with Gasteiger partial charge in [0, 0.05) is 16.7 Å². The monoisotopic (exact) mass is 278 g/mol. The van der Waals surface area contributed by atoms with Gasteiger partial charge < -0.3 is 9.84 Å². The van der Waals surface area contributed by atoms with Gasteiger partial charge in [-0.15, -0.1) is 0 Å². The van der Waals surface area contributed by atoms with Gasteiger partial charge in [-0.2, -0.15) is 0 Å². The molecular formula is C10H11ClO5S. The molecule has 17 heavy (non-hydrogen) atoms. The average Bonchev–Trinajstić information content (AvgIpc) is 2.24. The highest BCUT2D eigenvalue weighted by atomic mass is 35.7. The van der Waals surface area contributed by atoms with Crippen molar-refractivity contribution in [3.63, 3.8) is 0 Å². The van der Waals surface area contributed by atoms with E-state index >= 15 is 0 Å². The minimum atomic E-state index is -3.89. The van der Waals surface area contributed by atoms with Gasteiger partial charge in [0.1, 0.15) is 11.3 Å². The summed E-state index contributed by atoms with van der Waals surface area (Å²) in [6, 6.07) is 3.40.